The summed E-state index contributed by atoms with van der Waals surface area (Å²) in [5, 5.41) is 0.890. The quantitative estimate of drug-likeness (QED) is 0.684. The smallest absolute Gasteiger partial charge is 0.0863 e. The predicted molar refractivity (Wildman–Crippen MR) is 48.1 cm³/mol. The summed E-state index contributed by atoms with van der Waals surface area (Å²) in [6, 6.07) is 0. The van der Waals surface area contributed by atoms with E-state index in [-0.39, 0.29) is 0 Å². The van der Waals surface area contributed by atoms with E-state index >= 15 is 0 Å². The number of anilines is 1. The molecule has 0 spiro atoms. The number of hydrogen-bond donors (Lipinski definition) is 1. The van der Waals surface area contributed by atoms with Crippen molar-refractivity contribution in [2.75, 3.05) is 5.73 Å². The van der Waals surface area contributed by atoms with E-state index in [0.717, 1.165) is 0 Å². The zero-order valence-corrected chi connectivity index (χ0v) is 7.79. The van der Waals surface area contributed by atoms with E-state index in [1.54, 1.807) is 13.8 Å². The van der Waals surface area contributed by atoms with E-state index in [9.17, 15) is 0 Å². The van der Waals surface area contributed by atoms with Crippen LogP contribution in [0.3, 0.4) is 0 Å². The maximum atomic E-state index is 5.78. The van der Waals surface area contributed by atoms with E-state index in [2.05, 4.69) is 4.98 Å². The van der Waals surface area contributed by atoms with Crippen molar-refractivity contribution in [1.82, 2.24) is 4.98 Å². The summed E-state index contributed by atoms with van der Waals surface area (Å²) in [5.41, 5.74) is 7.42. The van der Waals surface area contributed by atoms with Gasteiger partial charge in [-0.1, -0.05) is 23.2 Å². The molecule has 0 amide bonds. The number of nitrogens with two attached hydrogens (primary N) is 1. The molecule has 0 atom stereocenters. The van der Waals surface area contributed by atoms with Crippen molar-refractivity contribution in [3.05, 3.63) is 21.4 Å². The van der Waals surface area contributed by atoms with Crippen molar-refractivity contribution in [3.8, 4) is 0 Å². The fraction of sp³-hybridized carbons (Fsp3) is 0.286. The lowest BCUT2D eigenvalue weighted by Gasteiger charge is -2.05. The van der Waals surface area contributed by atoms with Crippen LogP contribution in [-0.4, -0.2) is 4.98 Å². The fourth-order valence-corrected chi connectivity index (χ4v) is 1.16. The largest absolute Gasteiger partial charge is 0.396 e. The Morgan fingerprint density at radius 2 is 1.45 bits per heavy atom. The maximum Gasteiger partial charge on any atom is 0.0863 e. The minimum atomic E-state index is 0.415. The minimum absolute atomic E-state index is 0.415. The molecule has 0 radical (unpaired) electrons. The number of nitrogen functional groups attached to an aromatic ring is 1. The van der Waals surface area contributed by atoms with Crippen LogP contribution in [-0.2, 0) is 0 Å². The second-order valence-electron chi connectivity index (χ2n) is 2.32. The van der Waals surface area contributed by atoms with E-state index in [0.29, 0.717) is 27.1 Å². The Morgan fingerprint density at radius 3 is 1.82 bits per heavy atom. The summed E-state index contributed by atoms with van der Waals surface area (Å²) >= 11 is 11.6. The van der Waals surface area contributed by atoms with E-state index in [1.807, 2.05) is 0 Å². The highest BCUT2D eigenvalue weighted by atomic mass is 35.5. The summed E-state index contributed by atoms with van der Waals surface area (Å²) in [6.45, 7) is 3.59. The lowest BCUT2D eigenvalue weighted by molar-refractivity contribution is 1.13. The number of hydrogen-bond acceptors (Lipinski definition) is 2. The summed E-state index contributed by atoms with van der Waals surface area (Å²) in [6.07, 6.45) is 0. The molecule has 1 heterocycles. The van der Waals surface area contributed by atoms with Crippen molar-refractivity contribution in [2.24, 2.45) is 0 Å². The Balaban J connectivity index is 3.46. The molecule has 0 unspecified atom stereocenters. The number of pyridine rings is 1. The third-order valence-corrected chi connectivity index (χ3v) is 2.40. The first kappa shape index (κ1) is 8.62. The first-order chi connectivity index (χ1) is 5.04. The van der Waals surface area contributed by atoms with Crippen molar-refractivity contribution in [2.45, 2.75) is 13.8 Å². The predicted octanol–water partition coefficient (Wildman–Crippen LogP) is 2.59. The average molecular weight is 191 g/mol. The Morgan fingerprint density at radius 1 is 1.09 bits per heavy atom. The Labute approximate surface area is 75.3 Å². The van der Waals surface area contributed by atoms with Gasteiger partial charge >= 0.3 is 0 Å². The molecule has 0 aromatic carbocycles. The highest BCUT2D eigenvalue weighted by Crippen LogP contribution is 2.30. The van der Waals surface area contributed by atoms with Gasteiger partial charge in [-0.2, -0.15) is 0 Å². The molecule has 4 heteroatoms. The summed E-state index contributed by atoms with van der Waals surface area (Å²) in [5.74, 6) is 0. The Kier molecular flexibility index (Phi) is 2.25. The summed E-state index contributed by atoms with van der Waals surface area (Å²) in [4.78, 5) is 4.09. The van der Waals surface area contributed by atoms with Gasteiger partial charge in [0.15, 0.2) is 0 Å². The molecule has 0 saturated carbocycles. The van der Waals surface area contributed by atoms with Crippen LogP contribution in [0.5, 0.6) is 0 Å². The molecule has 0 bridgehead atoms. The molecule has 0 fully saturated rings. The monoisotopic (exact) mass is 190 g/mol. The highest BCUT2D eigenvalue weighted by Gasteiger charge is 2.08. The van der Waals surface area contributed by atoms with Crippen LogP contribution in [0.25, 0.3) is 0 Å². The van der Waals surface area contributed by atoms with Gasteiger partial charge in [0.2, 0.25) is 0 Å². The van der Waals surface area contributed by atoms with Gasteiger partial charge in [-0.05, 0) is 13.8 Å². The molecule has 0 aliphatic heterocycles. The Bertz CT molecular complexity index is 271. The number of aromatic nitrogens is 1. The fourth-order valence-electron chi connectivity index (χ4n) is 0.836. The van der Waals surface area contributed by atoms with Gasteiger partial charge in [0.25, 0.3) is 0 Å². The first-order valence-electron chi connectivity index (χ1n) is 3.11. The van der Waals surface area contributed by atoms with Crippen molar-refractivity contribution in [3.63, 3.8) is 0 Å². The number of rotatable bonds is 0. The minimum Gasteiger partial charge on any atom is -0.396 e. The van der Waals surface area contributed by atoms with Crippen molar-refractivity contribution in [1.29, 1.82) is 0 Å². The number of nitrogens with zero attached hydrogens (tertiary/aromatic N) is 1. The lowest BCUT2D eigenvalue weighted by Crippen LogP contribution is -1.96. The van der Waals surface area contributed by atoms with Crippen LogP contribution >= 0.6 is 23.2 Å². The molecule has 0 aliphatic carbocycles. The SMILES string of the molecule is Cc1nc(C)c(Cl)c(N)c1Cl. The van der Waals surface area contributed by atoms with Gasteiger partial charge in [-0.25, -0.2) is 0 Å². The van der Waals surface area contributed by atoms with Crippen LogP contribution in [0.4, 0.5) is 5.69 Å². The van der Waals surface area contributed by atoms with Gasteiger partial charge in [0.05, 0.1) is 27.1 Å². The van der Waals surface area contributed by atoms with Crippen LogP contribution in [0.2, 0.25) is 10.0 Å². The van der Waals surface area contributed by atoms with Gasteiger partial charge < -0.3 is 5.73 Å². The van der Waals surface area contributed by atoms with Crippen LogP contribution in [0.15, 0.2) is 0 Å². The summed E-state index contributed by atoms with van der Waals surface area (Å²) in [7, 11) is 0. The highest BCUT2D eigenvalue weighted by molar-refractivity contribution is 6.39. The zero-order valence-electron chi connectivity index (χ0n) is 6.28. The molecule has 0 aliphatic rings. The number of halogens is 2. The number of aryl methyl sites for hydroxylation is 2. The van der Waals surface area contributed by atoms with Gasteiger partial charge in [0.1, 0.15) is 0 Å². The van der Waals surface area contributed by atoms with Crippen LogP contribution in [0, 0.1) is 13.8 Å². The van der Waals surface area contributed by atoms with E-state index in [4.69, 9.17) is 28.9 Å². The topological polar surface area (TPSA) is 38.9 Å². The zero-order chi connectivity index (χ0) is 8.59. The second kappa shape index (κ2) is 2.88. The molecule has 1 aromatic heterocycles. The molecule has 2 nitrogen and oxygen atoms in total. The Hall–Kier alpha value is -0.470. The molecule has 0 saturated heterocycles. The van der Waals surface area contributed by atoms with Gasteiger partial charge in [-0.15, -0.1) is 0 Å². The van der Waals surface area contributed by atoms with Gasteiger partial charge in [0, 0.05) is 0 Å². The third kappa shape index (κ3) is 1.42. The van der Waals surface area contributed by atoms with E-state index in [1.165, 1.54) is 0 Å². The van der Waals surface area contributed by atoms with Crippen molar-refractivity contribution < 1.29 is 0 Å². The third-order valence-electron chi connectivity index (χ3n) is 1.44. The molecule has 1 aromatic rings. The van der Waals surface area contributed by atoms with Gasteiger partial charge in [-0.3, -0.25) is 4.98 Å². The van der Waals surface area contributed by atoms with Crippen LogP contribution < -0.4 is 5.73 Å². The summed E-state index contributed by atoms with van der Waals surface area (Å²) < 4.78 is 0. The lowest BCUT2D eigenvalue weighted by atomic mass is 10.3. The molecule has 2 N–H and O–H groups in total. The molecule has 11 heavy (non-hydrogen) atoms. The average Bonchev–Trinajstić information content (AvgIpc) is 1.97. The van der Waals surface area contributed by atoms with E-state index < -0.39 is 0 Å². The first-order valence-corrected chi connectivity index (χ1v) is 3.87. The molecule has 60 valence electrons. The molecular formula is C7H8Cl2N2. The standard InChI is InChI=1S/C7H8Cl2N2/c1-3-5(8)7(10)6(9)4(2)11-3/h1-2H3,(H2,10,11). The maximum absolute atomic E-state index is 5.78. The normalized spacial score (nSPS) is 10.2. The molecule has 1 rings (SSSR count). The van der Waals surface area contributed by atoms with Crippen molar-refractivity contribution >= 4 is 28.9 Å². The second-order valence-corrected chi connectivity index (χ2v) is 3.08. The molecular weight excluding hydrogens is 183 g/mol. The van der Waals surface area contributed by atoms with Crippen LogP contribution in [0.1, 0.15) is 11.4 Å².